The van der Waals surface area contributed by atoms with E-state index in [1.54, 1.807) is 12.1 Å². The molecule has 8 nitrogen and oxygen atoms in total. The van der Waals surface area contributed by atoms with E-state index in [9.17, 15) is 4.79 Å². The van der Waals surface area contributed by atoms with E-state index in [2.05, 4.69) is 15.5 Å². The molecule has 0 radical (unpaired) electrons. The summed E-state index contributed by atoms with van der Waals surface area (Å²) in [5.41, 5.74) is 0.791. The Morgan fingerprint density at radius 1 is 1.13 bits per heavy atom. The number of aromatic nitrogens is 3. The Hall–Kier alpha value is -3.22. The number of halogens is 1. The molecule has 1 amide bonds. The Morgan fingerprint density at radius 3 is 2.45 bits per heavy atom. The maximum atomic E-state index is 11.9. The summed E-state index contributed by atoms with van der Waals surface area (Å²) in [6.45, 7) is 2.66. The van der Waals surface area contributed by atoms with Gasteiger partial charge in [-0.25, -0.2) is 0 Å². The lowest BCUT2D eigenvalue weighted by atomic mass is 10.3. The maximum Gasteiger partial charge on any atom is 0.231 e. The van der Waals surface area contributed by atoms with Gasteiger partial charge < -0.3 is 14.8 Å². The average molecular weight is 458 g/mol. The van der Waals surface area contributed by atoms with Gasteiger partial charge in [-0.2, -0.15) is 5.26 Å². The Kier molecular flexibility index (Phi) is 8.15. The van der Waals surface area contributed by atoms with E-state index in [0.717, 1.165) is 11.4 Å². The summed E-state index contributed by atoms with van der Waals surface area (Å²) < 4.78 is 13.1. The minimum atomic E-state index is -0.260. The van der Waals surface area contributed by atoms with E-state index < -0.39 is 0 Å². The van der Waals surface area contributed by atoms with Crippen LogP contribution in [0.15, 0.2) is 53.7 Å². The minimum Gasteiger partial charge on any atom is -0.494 e. The number of nitrogens with zero attached hydrogens (tertiary/aromatic N) is 4. The number of carbonyl (C=O) groups is 1. The first-order chi connectivity index (χ1) is 15.1. The molecule has 160 valence electrons. The normalized spacial score (nSPS) is 10.4. The third kappa shape index (κ3) is 6.38. The van der Waals surface area contributed by atoms with Crippen LogP contribution in [0.25, 0.3) is 5.69 Å². The summed E-state index contributed by atoms with van der Waals surface area (Å²) >= 11 is 7.24. The lowest BCUT2D eigenvalue weighted by Crippen LogP contribution is -2.25. The SMILES string of the molecule is CCOc1ccc(OCc2nnc(SCC(=O)NCC#N)n2-c2ccc(Cl)cc2)cc1. The molecule has 0 atom stereocenters. The molecule has 0 aliphatic carbocycles. The van der Waals surface area contributed by atoms with Gasteiger partial charge in [0.2, 0.25) is 5.91 Å². The van der Waals surface area contributed by atoms with Gasteiger partial charge in [0, 0.05) is 10.7 Å². The summed E-state index contributed by atoms with van der Waals surface area (Å²) in [5.74, 6) is 1.85. The Morgan fingerprint density at radius 2 is 1.81 bits per heavy atom. The van der Waals surface area contributed by atoms with Crippen molar-refractivity contribution in [3.05, 3.63) is 59.4 Å². The number of hydrogen-bond acceptors (Lipinski definition) is 7. The molecule has 0 aliphatic rings. The molecule has 0 saturated heterocycles. The molecule has 3 rings (SSSR count). The molecule has 31 heavy (non-hydrogen) atoms. The molecular weight excluding hydrogens is 438 g/mol. The smallest absolute Gasteiger partial charge is 0.231 e. The number of carbonyl (C=O) groups excluding carboxylic acids is 1. The minimum absolute atomic E-state index is 0.0373. The monoisotopic (exact) mass is 457 g/mol. The Balaban J connectivity index is 1.77. The number of hydrogen-bond donors (Lipinski definition) is 1. The van der Waals surface area contributed by atoms with Gasteiger partial charge in [0.05, 0.1) is 18.4 Å². The fraction of sp³-hybridized carbons (Fsp3) is 0.238. The van der Waals surface area contributed by atoms with E-state index in [1.165, 1.54) is 11.8 Å². The highest BCUT2D eigenvalue weighted by Gasteiger charge is 2.16. The first-order valence-electron chi connectivity index (χ1n) is 9.43. The first kappa shape index (κ1) is 22.5. The second-order valence-electron chi connectivity index (χ2n) is 6.13. The van der Waals surface area contributed by atoms with Crippen LogP contribution in [0, 0.1) is 11.3 Å². The highest BCUT2D eigenvalue weighted by Crippen LogP contribution is 2.25. The topological polar surface area (TPSA) is 102 Å². The van der Waals surface area contributed by atoms with Crippen molar-refractivity contribution < 1.29 is 14.3 Å². The lowest BCUT2D eigenvalue weighted by Gasteiger charge is -2.11. The van der Waals surface area contributed by atoms with Crippen LogP contribution in [-0.4, -0.2) is 39.6 Å². The summed E-state index contributed by atoms with van der Waals surface area (Å²) in [4.78, 5) is 11.9. The van der Waals surface area contributed by atoms with Gasteiger partial charge in [-0.15, -0.1) is 10.2 Å². The molecule has 1 heterocycles. The number of thioether (sulfide) groups is 1. The number of nitrogens with one attached hydrogen (secondary N) is 1. The van der Waals surface area contributed by atoms with Crippen molar-refractivity contribution in [2.45, 2.75) is 18.7 Å². The fourth-order valence-corrected chi connectivity index (χ4v) is 3.53. The molecule has 2 aromatic carbocycles. The zero-order chi connectivity index (χ0) is 22.1. The number of benzene rings is 2. The fourth-order valence-electron chi connectivity index (χ4n) is 2.60. The molecule has 0 bridgehead atoms. The van der Waals surface area contributed by atoms with E-state index in [1.807, 2.05) is 54.0 Å². The quantitative estimate of drug-likeness (QED) is 0.366. The highest BCUT2D eigenvalue weighted by molar-refractivity contribution is 7.99. The molecule has 0 fully saturated rings. The van der Waals surface area contributed by atoms with Crippen molar-refractivity contribution in [1.29, 1.82) is 5.26 Å². The van der Waals surface area contributed by atoms with Crippen molar-refractivity contribution in [1.82, 2.24) is 20.1 Å². The number of amides is 1. The third-order valence-corrected chi connectivity index (χ3v) is 5.17. The average Bonchev–Trinajstić information content (AvgIpc) is 3.19. The standard InChI is InChI=1S/C21H20ClN5O3S/c1-2-29-17-7-9-18(10-8-17)30-13-19-25-26-21(31-14-20(28)24-12-11-23)27(19)16-5-3-15(22)4-6-16/h3-10H,2,12-14H2,1H3,(H,24,28). The molecule has 3 aromatic rings. The molecular formula is C21H20ClN5O3S. The molecule has 0 unspecified atom stereocenters. The van der Waals surface area contributed by atoms with Gasteiger partial charge in [0.15, 0.2) is 11.0 Å². The van der Waals surface area contributed by atoms with Crippen LogP contribution in [0.4, 0.5) is 0 Å². The second-order valence-corrected chi connectivity index (χ2v) is 7.51. The molecule has 1 aromatic heterocycles. The van der Waals surface area contributed by atoms with Crippen LogP contribution in [-0.2, 0) is 11.4 Å². The molecule has 10 heteroatoms. The van der Waals surface area contributed by atoms with Gasteiger partial charge >= 0.3 is 0 Å². The largest absolute Gasteiger partial charge is 0.494 e. The van der Waals surface area contributed by atoms with Crippen LogP contribution >= 0.6 is 23.4 Å². The lowest BCUT2D eigenvalue weighted by molar-refractivity contribution is -0.118. The zero-order valence-electron chi connectivity index (χ0n) is 16.7. The van der Waals surface area contributed by atoms with Gasteiger partial charge in [-0.1, -0.05) is 23.4 Å². The van der Waals surface area contributed by atoms with Crippen LogP contribution in [0.3, 0.4) is 0 Å². The summed E-state index contributed by atoms with van der Waals surface area (Å²) in [7, 11) is 0. The van der Waals surface area contributed by atoms with Crippen molar-refractivity contribution in [3.8, 4) is 23.3 Å². The third-order valence-electron chi connectivity index (χ3n) is 3.98. The maximum absolute atomic E-state index is 11.9. The van der Waals surface area contributed by atoms with Crippen molar-refractivity contribution in [2.75, 3.05) is 18.9 Å². The van der Waals surface area contributed by atoms with Crippen LogP contribution < -0.4 is 14.8 Å². The number of nitriles is 1. The Labute approximate surface area is 189 Å². The van der Waals surface area contributed by atoms with Gasteiger partial charge in [-0.3, -0.25) is 9.36 Å². The van der Waals surface area contributed by atoms with Crippen molar-refractivity contribution in [3.63, 3.8) is 0 Å². The molecule has 0 saturated carbocycles. The van der Waals surface area contributed by atoms with E-state index in [-0.39, 0.29) is 24.8 Å². The summed E-state index contributed by atoms with van der Waals surface area (Å²) in [5, 5.41) is 20.7. The van der Waals surface area contributed by atoms with Gasteiger partial charge in [0.1, 0.15) is 24.7 Å². The number of rotatable bonds is 10. The summed E-state index contributed by atoms with van der Waals surface area (Å²) in [6.07, 6.45) is 0. The molecule has 0 spiro atoms. The number of ether oxygens (including phenoxy) is 2. The molecule has 0 aliphatic heterocycles. The van der Waals surface area contributed by atoms with Crippen LogP contribution in [0.1, 0.15) is 12.7 Å². The molecule has 1 N–H and O–H groups in total. The Bertz CT molecular complexity index is 1050. The van der Waals surface area contributed by atoms with Crippen LogP contribution in [0.5, 0.6) is 11.5 Å². The summed E-state index contributed by atoms with van der Waals surface area (Å²) in [6, 6.07) is 16.4. The highest BCUT2D eigenvalue weighted by atomic mass is 35.5. The van der Waals surface area contributed by atoms with E-state index >= 15 is 0 Å². The van der Waals surface area contributed by atoms with E-state index in [0.29, 0.717) is 28.4 Å². The predicted octanol–water partition coefficient (Wildman–Crippen LogP) is 3.63. The van der Waals surface area contributed by atoms with Gasteiger partial charge in [-0.05, 0) is 55.5 Å². The van der Waals surface area contributed by atoms with Gasteiger partial charge in [0.25, 0.3) is 0 Å². The first-order valence-corrected chi connectivity index (χ1v) is 10.8. The van der Waals surface area contributed by atoms with Crippen molar-refractivity contribution in [2.24, 2.45) is 0 Å². The van der Waals surface area contributed by atoms with Crippen LogP contribution in [0.2, 0.25) is 5.02 Å². The second kappa shape index (κ2) is 11.2. The van der Waals surface area contributed by atoms with E-state index in [4.69, 9.17) is 26.3 Å². The predicted molar refractivity (Wildman–Crippen MR) is 118 cm³/mol. The van der Waals surface area contributed by atoms with Crippen molar-refractivity contribution >= 4 is 29.3 Å². The zero-order valence-corrected chi connectivity index (χ0v) is 18.3.